The van der Waals surface area contributed by atoms with E-state index in [1.54, 1.807) is 6.92 Å². The van der Waals surface area contributed by atoms with Gasteiger partial charge in [-0.05, 0) is 24.6 Å². The third-order valence-corrected chi connectivity index (χ3v) is 5.81. The molecule has 0 saturated heterocycles. The zero-order chi connectivity index (χ0) is 28.6. The normalized spacial score (nSPS) is 11.4. The lowest BCUT2D eigenvalue weighted by Crippen LogP contribution is -2.32. The van der Waals surface area contributed by atoms with E-state index < -0.39 is 41.0 Å². The molecule has 2 aromatic carbocycles. The van der Waals surface area contributed by atoms with Gasteiger partial charge in [-0.25, -0.2) is 4.98 Å². The number of H-pyrrole nitrogens is 1. The Morgan fingerprint density at radius 2 is 1.90 bits per heavy atom. The molecule has 206 valence electrons. The number of hydrogen-bond donors (Lipinski definition) is 1. The fourth-order valence-electron chi connectivity index (χ4n) is 3.87. The van der Waals surface area contributed by atoms with Gasteiger partial charge in [0.2, 0.25) is 11.6 Å². The van der Waals surface area contributed by atoms with Crippen LogP contribution in [0.15, 0.2) is 61.1 Å². The molecule has 12 heteroatoms. The Labute approximate surface area is 227 Å². The van der Waals surface area contributed by atoms with Gasteiger partial charge in [-0.15, -0.1) is 0 Å². The van der Waals surface area contributed by atoms with Crippen LogP contribution >= 0.6 is 0 Å². The van der Waals surface area contributed by atoms with Crippen molar-refractivity contribution in [1.29, 1.82) is 5.26 Å². The van der Waals surface area contributed by atoms with E-state index in [1.165, 1.54) is 37.8 Å². The van der Waals surface area contributed by atoms with Crippen LogP contribution in [0.2, 0.25) is 0 Å². The van der Waals surface area contributed by atoms with Crippen LogP contribution in [0.5, 0.6) is 17.4 Å². The second-order valence-corrected chi connectivity index (χ2v) is 8.53. The highest BCUT2D eigenvalue weighted by Gasteiger charge is 2.30. The molecule has 0 aliphatic heterocycles. The number of aromatic nitrogens is 3. The molecular weight excluding hydrogens is 527 g/mol. The minimum Gasteiger partial charge on any atom is -0.485 e. The molecule has 4 aromatic rings. The number of likely N-dealkylation sites (N-methyl/N-ethyl adjacent to an activating group) is 1. The predicted octanol–water partition coefficient (Wildman–Crippen LogP) is 5.25. The zero-order valence-electron chi connectivity index (χ0n) is 21.5. The molecule has 0 fully saturated rings. The number of halogens is 3. The Bertz CT molecular complexity index is 1510. The maximum atomic E-state index is 15.7. The quantitative estimate of drug-likeness (QED) is 0.199. The molecule has 4 rings (SSSR count). The summed E-state index contributed by atoms with van der Waals surface area (Å²) >= 11 is 0. The number of anilines is 1. The molecule has 1 atom stereocenters. The van der Waals surface area contributed by atoms with Crippen molar-refractivity contribution in [2.45, 2.75) is 19.4 Å². The molecule has 0 aliphatic carbocycles. The van der Waals surface area contributed by atoms with Gasteiger partial charge in [0.1, 0.15) is 18.2 Å². The number of ether oxygens (including phenoxy) is 3. The number of nitriles is 1. The summed E-state index contributed by atoms with van der Waals surface area (Å²) in [6.07, 6.45) is 2.72. The Morgan fingerprint density at radius 1 is 1.12 bits per heavy atom. The van der Waals surface area contributed by atoms with Crippen molar-refractivity contribution in [1.82, 2.24) is 15.0 Å². The molecule has 2 heterocycles. The molecule has 9 nitrogen and oxygen atoms in total. The number of hydrogen-bond acceptors (Lipinski definition) is 8. The highest BCUT2D eigenvalue weighted by atomic mass is 19.2. The highest BCUT2D eigenvalue weighted by Crippen LogP contribution is 2.37. The van der Waals surface area contributed by atoms with E-state index in [2.05, 4.69) is 15.0 Å². The predicted molar refractivity (Wildman–Crippen MR) is 137 cm³/mol. The average molecular weight is 552 g/mol. The van der Waals surface area contributed by atoms with Gasteiger partial charge in [-0.2, -0.15) is 23.4 Å². The summed E-state index contributed by atoms with van der Waals surface area (Å²) in [6.45, 7) is 1.51. The van der Waals surface area contributed by atoms with Gasteiger partial charge in [0.15, 0.2) is 11.5 Å². The number of esters is 1. The second-order valence-electron chi connectivity index (χ2n) is 8.53. The van der Waals surface area contributed by atoms with Crippen molar-refractivity contribution in [3.05, 3.63) is 95.5 Å². The third-order valence-electron chi connectivity index (χ3n) is 5.81. The maximum absolute atomic E-state index is 15.7. The van der Waals surface area contributed by atoms with Gasteiger partial charge in [-0.3, -0.25) is 4.79 Å². The van der Waals surface area contributed by atoms with Crippen molar-refractivity contribution < 1.29 is 32.2 Å². The molecule has 0 radical (unpaired) electrons. The molecule has 0 spiro atoms. The third kappa shape index (κ3) is 6.32. The van der Waals surface area contributed by atoms with Crippen molar-refractivity contribution in [2.75, 3.05) is 25.1 Å². The van der Waals surface area contributed by atoms with E-state index in [0.29, 0.717) is 5.69 Å². The molecule has 0 amide bonds. The van der Waals surface area contributed by atoms with E-state index in [9.17, 15) is 18.8 Å². The van der Waals surface area contributed by atoms with Crippen LogP contribution in [0.4, 0.5) is 18.9 Å². The second kappa shape index (κ2) is 12.7. The largest absolute Gasteiger partial charge is 0.485 e. The molecule has 0 aliphatic rings. The summed E-state index contributed by atoms with van der Waals surface area (Å²) in [5.74, 6) is -7.13. The molecule has 0 saturated carbocycles. The van der Waals surface area contributed by atoms with Crippen LogP contribution in [0, 0.1) is 28.9 Å². The van der Waals surface area contributed by atoms with Crippen molar-refractivity contribution in [3.63, 3.8) is 0 Å². The van der Waals surface area contributed by atoms with Crippen LogP contribution in [0.1, 0.15) is 29.7 Å². The van der Waals surface area contributed by atoms with Gasteiger partial charge in [0.05, 0.1) is 30.3 Å². The fourth-order valence-corrected chi connectivity index (χ4v) is 3.87. The summed E-state index contributed by atoms with van der Waals surface area (Å²) in [5, 5.41) is 9.33. The van der Waals surface area contributed by atoms with E-state index in [4.69, 9.17) is 14.2 Å². The van der Waals surface area contributed by atoms with Crippen LogP contribution < -0.4 is 14.4 Å². The Hall–Kier alpha value is -5.05. The van der Waals surface area contributed by atoms with Crippen molar-refractivity contribution in [3.8, 4) is 23.4 Å². The number of imidazole rings is 1. The van der Waals surface area contributed by atoms with Crippen LogP contribution in [-0.2, 0) is 16.1 Å². The highest BCUT2D eigenvalue weighted by molar-refractivity contribution is 5.78. The van der Waals surface area contributed by atoms with Crippen molar-refractivity contribution >= 4 is 11.7 Å². The van der Waals surface area contributed by atoms with Gasteiger partial charge in [0.25, 0.3) is 11.8 Å². The number of pyridine rings is 1. The summed E-state index contributed by atoms with van der Waals surface area (Å²) in [4.78, 5) is 23.6. The maximum Gasteiger partial charge on any atom is 0.316 e. The number of nitrogens with one attached hydrogen (secondary N) is 1. The Balaban J connectivity index is 1.66. The number of nitrogens with zero attached hydrogens (tertiary/aromatic N) is 4. The monoisotopic (exact) mass is 551 g/mol. The molecule has 2 aromatic heterocycles. The summed E-state index contributed by atoms with van der Waals surface area (Å²) in [6, 6.07) is 15.3. The van der Waals surface area contributed by atoms with E-state index in [1.807, 2.05) is 36.4 Å². The molecular formula is C28H24F3N5O4. The van der Waals surface area contributed by atoms with E-state index in [0.717, 1.165) is 10.5 Å². The first-order valence-electron chi connectivity index (χ1n) is 12.1. The minimum absolute atomic E-state index is 0.0776. The number of carbonyl (C=O) groups is 1. The topological polar surface area (TPSA) is 113 Å². The van der Waals surface area contributed by atoms with Crippen LogP contribution in [0.25, 0.3) is 0 Å². The van der Waals surface area contributed by atoms with Crippen LogP contribution in [0.3, 0.4) is 0 Å². The summed E-state index contributed by atoms with van der Waals surface area (Å²) < 4.78 is 61.7. The van der Waals surface area contributed by atoms with Gasteiger partial charge in [0, 0.05) is 25.9 Å². The van der Waals surface area contributed by atoms with E-state index >= 15 is 4.39 Å². The standard InChI is InChI=1S/C28H24F3N5O4/c1-3-38-28(37)19(20-13-33-16-34-20)14-36(2)25-23(29)26(31)35-27(24(25)30)40-22-11-18(12-32)9-10-21(22)39-15-17-7-5-4-6-8-17/h4-11,13,16,19H,3,14-15H2,1-2H3,(H,33,34). The Kier molecular flexibility index (Phi) is 8.86. The zero-order valence-corrected chi connectivity index (χ0v) is 21.5. The summed E-state index contributed by atoms with van der Waals surface area (Å²) in [7, 11) is 1.28. The SMILES string of the molecule is CCOC(=O)C(CN(C)c1c(F)c(F)nc(Oc2cc(C#N)ccc2OCc2ccccc2)c1F)c1cnc[nH]1. The molecule has 0 bridgehead atoms. The smallest absolute Gasteiger partial charge is 0.316 e. The molecule has 40 heavy (non-hydrogen) atoms. The number of benzene rings is 2. The number of carbonyl (C=O) groups excluding carboxylic acids is 1. The first-order chi connectivity index (χ1) is 19.3. The molecule has 1 unspecified atom stereocenters. The van der Waals surface area contributed by atoms with Crippen LogP contribution in [-0.4, -0.2) is 41.1 Å². The lowest BCUT2D eigenvalue weighted by molar-refractivity contribution is -0.144. The van der Waals surface area contributed by atoms with Gasteiger partial charge in [-0.1, -0.05) is 30.3 Å². The van der Waals surface area contributed by atoms with E-state index in [-0.39, 0.29) is 36.8 Å². The first kappa shape index (κ1) is 28.0. The minimum atomic E-state index is -1.63. The number of aromatic amines is 1. The Morgan fingerprint density at radius 3 is 2.58 bits per heavy atom. The lowest BCUT2D eigenvalue weighted by atomic mass is 10.1. The lowest BCUT2D eigenvalue weighted by Gasteiger charge is -2.25. The fraction of sp³-hybridized carbons (Fsp3) is 0.214. The van der Waals surface area contributed by atoms with Gasteiger partial charge >= 0.3 is 5.97 Å². The van der Waals surface area contributed by atoms with Crippen molar-refractivity contribution in [2.24, 2.45) is 0 Å². The van der Waals surface area contributed by atoms with Gasteiger partial charge < -0.3 is 24.1 Å². The first-order valence-corrected chi connectivity index (χ1v) is 12.1. The summed E-state index contributed by atoms with van der Waals surface area (Å²) in [5.41, 5.74) is 0.497. The number of rotatable bonds is 11. The molecule has 1 N–H and O–H groups in total. The average Bonchev–Trinajstić information content (AvgIpc) is 3.49.